The molecule has 0 fully saturated rings. The van der Waals surface area contributed by atoms with Gasteiger partial charge in [-0.05, 0) is 35.2 Å². The predicted octanol–water partition coefficient (Wildman–Crippen LogP) is 2.17. The third kappa shape index (κ3) is 4.21. The Balaban J connectivity index is 1.61. The number of aliphatic hydroxyl groups is 1. The summed E-state index contributed by atoms with van der Waals surface area (Å²) in [5.41, 5.74) is 2.60. The fourth-order valence-corrected chi connectivity index (χ4v) is 3.26. The first-order valence-corrected chi connectivity index (χ1v) is 8.21. The van der Waals surface area contributed by atoms with Crippen molar-refractivity contribution < 1.29 is 18.7 Å². The number of amides is 1. The van der Waals surface area contributed by atoms with E-state index in [0.717, 1.165) is 18.1 Å². The van der Waals surface area contributed by atoms with Gasteiger partial charge in [0, 0.05) is 19.2 Å². The maximum absolute atomic E-state index is 13.2. The Bertz CT molecular complexity index is 747. The van der Waals surface area contributed by atoms with Gasteiger partial charge in [0.05, 0.1) is 19.2 Å². The van der Waals surface area contributed by atoms with E-state index in [4.69, 9.17) is 0 Å². The Morgan fingerprint density at radius 3 is 2.64 bits per heavy atom. The predicted molar refractivity (Wildman–Crippen MR) is 89.8 cm³/mol. The van der Waals surface area contributed by atoms with Crippen LogP contribution in [0, 0.1) is 11.6 Å². The Hall–Kier alpha value is -2.31. The van der Waals surface area contributed by atoms with Crippen LogP contribution in [0.5, 0.6) is 0 Å². The molecular weight excluding hydrogens is 326 g/mol. The minimum absolute atomic E-state index is 0.0573. The number of carbonyl (C=O) groups excluding carboxylic acids is 1. The zero-order valence-electron chi connectivity index (χ0n) is 13.7. The first kappa shape index (κ1) is 17.5. The van der Waals surface area contributed by atoms with E-state index < -0.39 is 11.6 Å². The number of benzene rings is 2. The molecule has 0 radical (unpaired) electrons. The Morgan fingerprint density at radius 1 is 1.20 bits per heavy atom. The number of fused-ring (bicyclic) bond motifs is 1. The van der Waals surface area contributed by atoms with Crippen molar-refractivity contribution in [1.82, 2.24) is 10.2 Å². The van der Waals surface area contributed by atoms with Crippen LogP contribution in [0.1, 0.15) is 22.7 Å². The quantitative estimate of drug-likeness (QED) is 0.872. The van der Waals surface area contributed by atoms with Crippen LogP contribution >= 0.6 is 0 Å². The largest absolute Gasteiger partial charge is 0.394 e. The monoisotopic (exact) mass is 346 g/mol. The van der Waals surface area contributed by atoms with Crippen LogP contribution in [-0.4, -0.2) is 35.6 Å². The molecule has 132 valence electrons. The topological polar surface area (TPSA) is 52.6 Å². The molecule has 1 amide bonds. The maximum Gasteiger partial charge on any atom is 0.234 e. The highest BCUT2D eigenvalue weighted by Crippen LogP contribution is 2.28. The zero-order chi connectivity index (χ0) is 17.8. The summed E-state index contributed by atoms with van der Waals surface area (Å²) in [6, 6.07) is 10.8. The van der Waals surface area contributed by atoms with Crippen molar-refractivity contribution in [3.05, 3.63) is 70.8 Å². The Morgan fingerprint density at radius 2 is 1.92 bits per heavy atom. The van der Waals surface area contributed by atoms with Crippen molar-refractivity contribution in [2.45, 2.75) is 19.0 Å². The van der Waals surface area contributed by atoms with Gasteiger partial charge in [-0.2, -0.15) is 0 Å². The first-order chi connectivity index (χ1) is 12.1. The molecule has 0 saturated carbocycles. The molecule has 0 bridgehead atoms. The van der Waals surface area contributed by atoms with E-state index in [1.807, 2.05) is 29.2 Å². The standard InChI is InChI=1S/C19H20F2N2O2/c20-15-7-13(8-16(21)9-15)10-22-19(25)11-23-6-5-14-3-1-2-4-17(14)18(23)12-24/h1-4,7-9,18,24H,5-6,10-12H2,(H,22,25). The summed E-state index contributed by atoms with van der Waals surface area (Å²) in [4.78, 5) is 14.1. The van der Waals surface area contributed by atoms with E-state index in [1.54, 1.807) is 0 Å². The number of halogens is 2. The average Bonchev–Trinajstić information content (AvgIpc) is 2.59. The number of carbonyl (C=O) groups is 1. The van der Waals surface area contributed by atoms with Crippen molar-refractivity contribution >= 4 is 5.91 Å². The number of nitrogens with one attached hydrogen (secondary N) is 1. The van der Waals surface area contributed by atoms with Crippen LogP contribution in [-0.2, 0) is 17.8 Å². The molecule has 1 aliphatic heterocycles. The number of aliphatic hydroxyl groups excluding tert-OH is 1. The van der Waals surface area contributed by atoms with Gasteiger partial charge in [-0.1, -0.05) is 24.3 Å². The molecule has 2 aromatic rings. The smallest absolute Gasteiger partial charge is 0.234 e. The number of rotatable bonds is 5. The highest BCUT2D eigenvalue weighted by molar-refractivity contribution is 5.78. The van der Waals surface area contributed by atoms with Crippen molar-refractivity contribution in [2.24, 2.45) is 0 Å². The second-order valence-electron chi connectivity index (χ2n) is 6.17. The van der Waals surface area contributed by atoms with E-state index in [-0.39, 0.29) is 31.6 Å². The highest BCUT2D eigenvalue weighted by atomic mass is 19.1. The van der Waals surface area contributed by atoms with Gasteiger partial charge < -0.3 is 10.4 Å². The maximum atomic E-state index is 13.2. The second kappa shape index (κ2) is 7.72. The summed E-state index contributed by atoms with van der Waals surface area (Å²) in [5.74, 6) is -1.59. The van der Waals surface area contributed by atoms with E-state index in [1.165, 1.54) is 17.7 Å². The van der Waals surface area contributed by atoms with Gasteiger partial charge in [0.25, 0.3) is 0 Å². The molecule has 0 spiro atoms. The normalized spacial score (nSPS) is 17.2. The van der Waals surface area contributed by atoms with E-state index >= 15 is 0 Å². The second-order valence-corrected chi connectivity index (χ2v) is 6.17. The molecular formula is C19H20F2N2O2. The molecule has 6 heteroatoms. The minimum atomic E-state index is -0.669. The molecule has 25 heavy (non-hydrogen) atoms. The lowest BCUT2D eigenvalue weighted by Gasteiger charge is -2.35. The fourth-order valence-electron chi connectivity index (χ4n) is 3.26. The molecule has 2 aromatic carbocycles. The van der Waals surface area contributed by atoms with Crippen LogP contribution < -0.4 is 5.32 Å². The molecule has 4 nitrogen and oxygen atoms in total. The Labute approximate surface area is 145 Å². The molecule has 1 aliphatic rings. The van der Waals surface area contributed by atoms with Gasteiger partial charge in [0.1, 0.15) is 11.6 Å². The van der Waals surface area contributed by atoms with Crippen molar-refractivity contribution in [3.63, 3.8) is 0 Å². The van der Waals surface area contributed by atoms with E-state index in [9.17, 15) is 18.7 Å². The van der Waals surface area contributed by atoms with Crippen molar-refractivity contribution in [1.29, 1.82) is 0 Å². The van der Waals surface area contributed by atoms with Gasteiger partial charge in [-0.25, -0.2) is 8.78 Å². The lowest BCUT2D eigenvalue weighted by molar-refractivity contribution is -0.123. The van der Waals surface area contributed by atoms with E-state index in [2.05, 4.69) is 5.32 Å². The number of hydrogen-bond acceptors (Lipinski definition) is 3. The van der Waals surface area contributed by atoms with Gasteiger partial charge in [0.2, 0.25) is 5.91 Å². The fraction of sp³-hybridized carbons (Fsp3) is 0.316. The molecule has 0 aromatic heterocycles. The lowest BCUT2D eigenvalue weighted by atomic mass is 9.93. The van der Waals surface area contributed by atoms with Gasteiger partial charge in [-0.15, -0.1) is 0 Å². The lowest BCUT2D eigenvalue weighted by Crippen LogP contribution is -2.43. The summed E-state index contributed by atoms with van der Waals surface area (Å²) in [6.07, 6.45) is 0.815. The summed E-state index contributed by atoms with van der Waals surface area (Å²) >= 11 is 0. The van der Waals surface area contributed by atoms with Crippen LogP contribution in [0.25, 0.3) is 0 Å². The van der Waals surface area contributed by atoms with Crippen molar-refractivity contribution in [3.8, 4) is 0 Å². The highest BCUT2D eigenvalue weighted by Gasteiger charge is 2.27. The number of nitrogens with zero attached hydrogens (tertiary/aromatic N) is 1. The summed E-state index contributed by atoms with van der Waals surface area (Å²) < 4.78 is 26.3. The van der Waals surface area contributed by atoms with Crippen molar-refractivity contribution in [2.75, 3.05) is 19.7 Å². The molecule has 0 aliphatic carbocycles. The molecule has 1 atom stereocenters. The third-order valence-corrected chi connectivity index (χ3v) is 4.45. The average molecular weight is 346 g/mol. The molecule has 0 saturated heterocycles. The van der Waals surface area contributed by atoms with Crippen LogP contribution in [0.2, 0.25) is 0 Å². The molecule has 1 heterocycles. The summed E-state index contributed by atoms with van der Waals surface area (Å²) in [6.45, 7) is 0.781. The third-order valence-electron chi connectivity index (χ3n) is 4.45. The first-order valence-electron chi connectivity index (χ1n) is 8.21. The molecule has 2 N–H and O–H groups in total. The summed E-state index contributed by atoms with van der Waals surface area (Å²) in [5, 5.41) is 12.4. The molecule has 1 unspecified atom stereocenters. The van der Waals surface area contributed by atoms with Gasteiger partial charge in [-0.3, -0.25) is 9.69 Å². The summed E-state index contributed by atoms with van der Waals surface area (Å²) in [7, 11) is 0. The van der Waals surface area contributed by atoms with Crippen LogP contribution in [0.15, 0.2) is 42.5 Å². The Kier molecular flexibility index (Phi) is 5.40. The zero-order valence-corrected chi connectivity index (χ0v) is 13.7. The molecule has 3 rings (SSSR count). The van der Waals surface area contributed by atoms with Gasteiger partial charge in [0.15, 0.2) is 0 Å². The SMILES string of the molecule is O=C(CN1CCc2ccccc2C1CO)NCc1cc(F)cc(F)c1. The minimum Gasteiger partial charge on any atom is -0.394 e. The van der Waals surface area contributed by atoms with Crippen LogP contribution in [0.3, 0.4) is 0 Å². The van der Waals surface area contributed by atoms with Gasteiger partial charge >= 0.3 is 0 Å². The van der Waals surface area contributed by atoms with Crippen LogP contribution in [0.4, 0.5) is 8.78 Å². The van der Waals surface area contributed by atoms with E-state index in [0.29, 0.717) is 12.1 Å². The number of hydrogen-bond donors (Lipinski definition) is 2.